The summed E-state index contributed by atoms with van der Waals surface area (Å²) in [5.41, 5.74) is 7.49. The Morgan fingerprint density at radius 1 is 0.913 bits per heavy atom. The largest absolute Gasteiger partial charge is 0.0805 e. The molecule has 23 heavy (non-hydrogen) atoms. The third-order valence-corrected chi connectivity index (χ3v) is 4.92. The molecule has 0 aliphatic carbocycles. The van der Waals surface area contributed by atoms with Gasteiger partial charge in [-0.25, -0.2) is 0 Å². The minimum atomic E-state index is 0.630. The molecule has 0 heterocycles. The predicted molar refractivity (Wildman–Crippen MR) is 108 cm³/mol. The Morgan fingerprint density at radius 3 is 2.00 bits per heavy atom. The van der Waals surface area contributed by atoms with Gasteiger partial charge in [-0.3, -0.25) is 0 Å². The van der Waals surface area contributed by atoms with Crippen LogP contribution in [0.15, 0.2) is 46.1 Å². The van der Waals surface area contributed by atoms with Crippen LogP contribution in [0.3, 0.4) is 0 Å². The molecule has 0 aromatic rings. The average molecular weight is 317 g/mol. The number of allylic oxidation sites excluding steroid dienone is 8. The van der Waals surface area contributed by atoms with E-state index < -0.39 is 0 Å². The van der Waals surface area contributed by atoms with Gasteiger partial charge >= 0.3 is 0 Å². The molecule has 1 atom stereocenters. The van der Waals surface area contributed by atoms with Gasteiger partial charge in [0.15, 0.2) is 0 Å². The highest BCUT2D eigenvalue weighted by atomic mass is 14.2. The van der Waals surface area contributed by atoms with E-state index in [1.165, 1.54) is 41.6 Å². The van der Waals surface area contributed by atoms with Gasteiger partial charge in [0, 0.05) is 0 Å². The Kier molecular flexibility index (Phi) is 11.8. The Hall–Kier alpha value is -1.04. The summed E-state index contributed by atoms with van der Waals surface area (Å²) in [6.45, 7) is 18.3. The minimum absolute atomic E-state index is 0.630. The van der Waals surface area contributed by atoms with Gasteiger partial charge in [-0.05, 0) is 74.2 Å². The van der Waals surface area contributed by atoms with Crippen LogP contribution in [0.4, 0.5) is 0 Å². The molecule has 1 unspecified atom stereocenters. The Labute approximate surface area is 146 Å². The van der Waals surface area contributed by atoms with E-state index in [0.29, 0.717) is 5.92 Å². The fraction of sp³-hybridized carbons (Fsp3) is 0.652. The number of unbranched alkanes of at least 4 members (excludes halogenated alkanes) is 1. The monoisotopic (exact) mass is 316 g/mol. The van der Waals surface area contributed by atoms with Crippen LogP contribution in [-0.4, -0.2) is 0 Å². The summed E-state index contributed by atoms with van der Waals surface area (Å²) in [5.74, 6) is 0.630. The molecular formula is C23H40. The molecule has 132 valence electrons. The Morgan fingerprint density at radius 2 is 1.57 bits per heavy atom. The van der Waals surface area contributed by atoms with Crippen LogP contribution in [0, 0.1) is 5.92 Å². The van der Waals surface area contributed by atoms with E-state index in [-0.39, 0.29) is 0 Å². The molecule has 0 heteroatoms. The highest BCUT2D eigenvalue weighted by molar-refractivity contribution is 5.47. The molecule has 0 saturated heterocycles. The van der Waals surface area contributed by atoms with Crippen molar-refractivity contribution in [2.75, 3.05) is 0 Å². The summed E-state index contributed by atoms with van der Waals surface area (Å²) in [6, 6.07) is 0. The topological polar surface area (TPSA) is 0 Å². The average Bonchev–Trinajstić information content (AvgIpc) is 2.57. The van der Waals surface area contributed by atoms with Crippen molar-refractivity contribution in [3.05, 3.63) is 46.1 Å². The Bertz CT molecular complexity index is 454. The van der Waals surface area contributed by atoms with E-state index >= 15 is 0 Å². The molecule has 0 aliphatic rings. The van der Waals surface area contributed by atoms with Crippen LogP contribution in [0.1, 0.15) is 93.9 Å². The minimum Gasteiger partial charge on any atom is -0.0805 e. The molecule has 0 bridgehead atoms. The summed E-state index contributed by atoms with van der Waals surface area (Å²) in [6.07, 6.45) is 14.3. The molecular weight excluding hydrogens is 276 g/mol. The van der Waals surface area contributed by atoms with E-state index in [1.54, 1.807) is 5.57 Å². The second-order valence-electron chi connectivity index (χ2n) is 6.61. The van der Waals surface area contributed by atoms with E-state index in [4.69, 9.17) is 0 Å². The summed E-state index contributed by atoms with van der Waals surface area (Å²) in [5, 5.41) is 0. The molecule has 0 fully saturated rings. The number of hydrogen-bond acceptors (Lipinski definition) is 0. The maximum absolute atomic E-state index is 2.48. The lowest BCUT2D eigenvalue weighted by molar-refractivity contribution is 0.659. The van der Waals surface area contributed by atoms with Gasteiger partial charge in [-0.2, -0.15) is 0 Å². The number of hydrogen-bond donors (Lipinski definition) is 0. The van der Waals surface area contributed by atoms with Crippen molar-refractivity contribution in [1.29, 1.82) is 0 Å². The van der Waals surface area contributed by atoms with E-state index in [1.807, 2.05) is 0 Å². The summed E-state index contributed by atoms with van der Waals surface area (Å²) >= 11 is 0. The van der Waals surface area contributed by atoms with Crippen molar-refractivity contribution in [2.45, 2.75) is 93.9 Å². The maximum atomic E-state index is 2.48. The lowest BCUT2D eigenvalue weighted by Crippen LogP contribution is -2.02. The zero-order valence-electron chi connectivity index (χ0n) is 17.1. The molecule has 0 nitrogen and oxygen atoms in total. The lowest BCUT2D eigenvalue weighted by atomic mass is 9.87. The SMILES string of the molecule is CCC=C(C=C(CC)C(C)=C(C)CC)C(=CCCC)C(C)CC. The van der Waals surface area contributed by atoms with Gasteiger partial charge in [0.25, 0.3) is 0 Å². The summed E-state index contributed by atoms with van der Waals surface area (Å²) in [4.78, 5) is 0. The van der Waals surface area contributed by atoms with Crippen LogP contribution in [0.25, 0.3) is 0 Å². The van der Waals surface area contributed by atoms with E-state index in [0.717, 1.165) is 19.3 Å². The predicted octanol–water partition coefficient (Wildman–Crippen LogP) is 8.18. The van der Waals surface area contributed by atoms with Crippen molar-refractivity contribution in [3.63, 3.8) is 0 Å². The van der Waals surface area contributed by atoms with Crippen molar-refractivity contribution in [2.24, 2.45) is 5.92 Å². The fourth-order valence-corrected chi connectivity index (χ4v) is 2.81. The lowest BCUT2D eigenvalue weighted by Gasteiger charge is -2.18. The van der Waals surface area contributed by atoms with Crippen molar-refractivity contribution >= 4 is 0 Å². The van der Waals surface area contributed by atoms with Gasteiger partial charge < -0.3 is 0 Å². The molecule has 0 N–H and O–H groups in total. The van der Waals surface area contributed by atoms with Gasteiger partial charge in [0.1, 0.15) is 0 Å². The molecule has 0 saturated carbocycles. The summed E-state index contributed by atoms with van der Waals surface area (Å²) in [7, 11) is 0. The first-order chi connectivity index (χ1) is 11.0. The smallest absolute Gasteiger partial charge is 0.0190 e. The van der Waals surface area contributed by atoms with Crippen molar-refractivity contribution < 1.29 is 0 Å². The molecule has 0 spiro atoms. The second kappa shape index (κ2) is 12.4. The normalized spacial score (nSPS) is 16.4. The maximum Gasteiger partial charge on any atom is -0.0190 e. The molecule has 0 radical (unpaired) electrons. The first-order valence-electron chi connectivity index (χ1n) is 9.74. The van der Waals surface area contributed by atoms with Crippen LogP contribution in [0.2, 0.25) is 0 Å². The first kappa shape index (κ1) is 22.0. The van der Waals surface area contributed by atoms with Gasteiger partial charge in [-0.15, -0.1) is 0 Å². The quantitative estimate of drug-likeness (QED) is 0.356. The van der Waals surface area contributed by atoms with Gasteiger partial charge in [0.2, 0.25) is 0 Å². The molecule has 0 amide bonds. The standard InChI is InChI=1S/C23H40/c1-9-14-16-23(19(7)12-4)22(15-10-2)17-21(13-5)20(8)18(6)11-3/h15-17,19H,9-14H2,1-8H3. The van der Waals surface area contributed by atoms with Crippen LogP contribution < -0.4 is 0 Å². The molecule has 0 aromatic carbocycles. The first-order valence-corrected chi connectivity index (χ1v) is 9.74. The zero-order valence-corrected chi connectivity index (χ0v) is 17.1. The number of rotatable bonds is 10. The second-order valence-corrected chi connectivity index (χ2v) is 6.61. The van der Waals surface area contributed by atoms with Crippen molar-refractivity contribution in [3.8, 4) is 0 Å². The third kappa shape index (κ3) is 7.38. The van der Waals surface area contributed by atoms with E-state index in [9.17, 15) is 0 Å². The highest BCUT2D eigenvalue weighted by Gasteiger charge is 2.11. The fourth-order valence-electron chi connectivity index (χ4n) is 2.81. The van der Waals surface area contributed by atoms with Crippen LogP contribution in [0.5, 0.6) is 0 Å². The molecule has 0 rings (SSSR count). The third-order valence-electron chi connectivity index (χ3n) is 4.92. The Balaban J connectivity index is 5.94. The molecule has 0 aliphatic heterocycles. The zero-order chi connectivity index (χ0) is 17.8. The summed E-state index contributed by atoms with van der Waals surface area (Å²) < 4.78 is 0. The van der Waals surface area contributed by atoms with Crippen molar-refractivity contribution in [1.82, 2.24) is 0 Å². The molecule has 0 aromatic heterocycles. The van der Waals surface area contributed by atoms with E-state index in [2.05, 4.69) is 73.6 Å². The van der Waals surface area contributed by atoms with Crippen LogP contribution >= 0.6 is 0 Å². The van der Waals surface area contributed by atoms with Gasteiger partial charge in [-0.1, -0.05) is 71.8 Å². The highest BCUT2D eigenvalue weighted by Crippen LogP contribution is 2.29. The van der Waals surface area contributed by atoms with Crippen LogP contribution in [-0.2, 0) is 0 Å². The van der Waals surface area contributed by atoms with Gasteiger partial charge in [0.05, 0.1) is 0 Å².